The average molecular weight is 537 g/mol. The van der Waals surface area contributed by atoms with Crippen molar-refractivity contribution in [3.8, 4) is 0 Å². The molecule has 0 amide bonds. The van der Waals surface area contributed by atoms with Crippen molar-refractivity contribution in [2.75, 3.05) is 10.8 Å². The van der Waals surface area contributed by atoms with E-state index in [2.05, 4.69) is 45.2 Å². The molecular formula is C16H13I2NO2S. The molecule has 2 aromatic carbocycles. The molecule has 0 fully saturated rings. The van der Waals surface area contributed by atoms with Gasteiger partial charge in [0.05, 0.1) is 17.1 Å². The quantitative estimate of drug-likeness (QED) is 0.527. The average Bonchev–Trinajstić information content (AvgIpc) is 2.46. The maximum atomic E-state index is 13.0. The number of fused-ring (bicyclic) bond motifs is 1. The normalized spacial score (nSPS) is 14.5. The summed E-state index contributed by atoms with van der Waals surface area (Å²) in [6.07, 6.45) is 2.04. The summed E-state index contributed by atoms with van der Waals surface area (Å²) >= 11 is 4.43. The lowest BCUT2D eigenvalue weighted by Crippen LogP contribution is -2.34. The molecule has 3 nitrogen and oxygen atoms in total. The van der Waals surface area contributed by atoms with Crippen molar-refractivity contribution in [3.63, 3.8) is 0 Å². The second-order valence-corrected chi connectivity index (χ2v) is 9.61. The molecule has 0 unspecified atom stereocenters. The van der Waals surface area contributed by atoms with Crippen LogP contribution in [0, 0.1) is 10.5 Å². The van der Waals surface area contributed by atoms with E-state index in [1.165, 1.54) is 4.31 Å². The number of sulfonamides is 1. The Morgan fingerprint density at radius 2 is 1.73 bits per heavy atom. The fourth-order valence-electron chi connectivity index (χ4n) is 2.36. The molecular weight excluding hydrogens is 524 g/mol. The number of halogens is 2. The third kappa shape index (κ3) is 3.05. The number of benzene rings is 2. The van der Waals surface area contributed by atoms with E-state index in [1.807, 2.05) is 43.3 Å². The summed E-state index contributed by atoms with van der Waals surface area (Å²) in [5, 5.41) is 0. The lowest BCUT2D eigenvalue weighted by atomic mass is 10.1. The van der Waals surface area contributed by atoms with Crippen LogP contribution >= 0.6 is 45.2 Å². The van der Waals surface area contributed by atoms with Gasteiger partial charge in [0, 0.05) is 12.7 Å². The van der Waals surface area contributed by atoms with E-state index < -0.39 is 10.0 Å². The third-order valence-electron chi connectivity index (χ3n) is 3.47. The largest absolute Gasteiger partial charge is 0.264 e. The van der Waals surface area contributed by atoms with E-state index in [0.29, 0.717) is 11.4 Å². The first kappa shape index (κ1) is 16.3. The van der Waals surface area contributed by atoms with Crippen molar-refractivity contribution in [3.05, 3.63) is 60.7 Å². The van der Waals surface area contributed by atoms with Crippen LogP contribution in [0.15, 0.2) is 50.9 Å². The Balaban J connectivity index is 2.12. The van der Waals surface area contributed by atoms with Crippen LogP contribution in [0.4, 0.5) is 5.69 Å². The Bertz CT molecular complexity index is 858. The van der Waals surface area contributed by atoms with Crippen LogP contribution < -0.4 is 4.31 Å². The van der Waals surface area contributed by atoms with Crippen LogP contribution in [0.1, 0.15) is 11.1 Å². The number of hydrogen-bond donors (Lipinski definition) is 0. The van der Waals surface area contributed by atoms with E-state index in [9.17, 15) is 8.42 Å². The van der Waals surface area contributed by atoms with Gasteiger partial charge in [-0.2, -0.15) is 0 Å². The Morgan fingerprint density at radius 3 is 2.41 bits per heavy atom. The zero-order valence-electron chi connectivity index (χ0n) is 11.8. The van der Waals surface area contributed by atoms with Gasteiger partial charge in [0.25, 0.3) is 10.0 Å². The molecule has 0 atom stereocenters. The van der Waals surface area contributed by atoms with Crippen LogP contribution in [0.25, 0.3) is 6.08 Å². The molecule has 3 rings (SSSR count). The van der Waals surface area contributed by atoms with Crippen molar-refractivity contribution in [2.24, 2.45) is 0 Å². The maximum Gasteiger partial charge on any atom is 0.264 e. The molecule has 0 N–H and O–H groups in total. The van der Waals surface area contributed by atoms with Gasteiger partial charge in [-0.3, -0.25) is 4.31 Å². The molecule has 22 heavy (non-hydrogen) atoms. The summed E-state index contributed by atoms with van der Waals surface area (Å²) in [7, 11) is -3.55. The first-order chi connectivity index (χ1) is 10.4. The fraction of sp³-hybridized carbons (Fsp3) is 0.125. The minimum absolute atomic E-state index is 0.328. The highest BCUT2D eigenvalue weighted by Crippen LogP contribution is 2.35. The van der Waals surface area contributed by atoms with E-state index >= 15 is 0 Å². The lowest BCUT2D eigenvalue weighted by molar-refractivity contribution is 0.592. The molecule has 0 spiro atoms. The molecule has 0 saturated carbocycles. The molecule has 1 aliphatic rings. The minimum atomic E-state index is -3.55. The summed E-state index contributed by atoms with van der Waals surface area (Å²) < 4.78 is 29.6. The van der Waals surface area contributed by atoms with Crippen molar-refractivity contribution >= 4 is 67.0 Å². The molecule has 1 aliphatic heterocycles. The molecule has 0 radical (unpaired) electrons. The highest BCUT2D eigenvalue weighted by Gasteiger charge is 2.29. The number of aryl methyl sites for hydroxylation is 1. The predicted octanol–water partition coefficient (Wildman–Crippen LogP) is 4.58. The Labute approximate surface area is 157 Å². The molecule has 6 heteroatoms. The number of anilines is 1. The van der Waals surface area contributed by atoms with Crippen LogP contribution in [-0.4, -0.2) is 15.0 Å². The van der Waals surface area contributed by atoms with E-state index in [4.69, 9.17) is 0 Å². The highest BCUT2D eigenvalue weighted by molar-refractivity contribution is 14.1. The smallest absolute Gasteiger partial charge is 0.261 e. The van der Waals surface area contributed by atoms with Crippen LogP contribution in [0.2, 0.25) is 0 Å². The Hall–Kier alpha value is -0.610. The predicted molar refractivity (Wildman–Crippen MR) is 107 cm³/mol. The summed E-state index contributed by atoms with van der Waals surface area (Å²) in [4.78, 5) is 0.328. The van der Waals surface area contributed by atoms with Crippen LogP contribution in [0.5, 0.6) is 0 Å². The molecule has 1 heterocycles. The second-order valence-electron chi connectivity index (χ2n) is 5.12. The first-order valence-corrected chi connectivity index (χ1v) is 10.2. The Kier molecular flexibility index (Phi) is 4.52. The fourth-order valence-corrected chi connectivity index (χ4v) is 5.25. The van der Waals surface area contributed by atoms with E-state index in [-0.39, 0.29) is 0 Å². The molecule has 0 saturated heterocycles. The van der Waals surface area contributed by atoms with E-state index in [0.717, 1.165) is 24.0 Å². The van der Waals surface area contributed by atoms with Crippen LogP contribution in [-0.2, 0) is 10.0 Å². The van der Waals surface area contributed by atoms with Gasteiger partial charge < -0.3 is 0 Å². The van der Waals surface area contributed by atoms with E-state index in [1.54, 1.807) is 12.1 Å². The van der Waals surface area contributed by atoms with Crippen LogP contribution in [0.3, 0.4) is 0 Å². The van der Waals surface area contributed by atoms with Gasteiger partial charge in [0.1, 0.15) is 0 Å². The number of hydrogen-bond acceptors (Lipinski definition) is 2. The SMILES string of the molecule is Cc1ccc(S(=O)(=O)N2CC(I)=Cc3cc(I)ccc32)cc1. The van der Waals surface area contributed by atoms with Crippen molar-refractivity contribution in [2.45, 2.75) is 11.8 Å². The first-order valence-electron chi connectivity index (χ1n) is 6.63. The summed E-state index contributed by atoms with van der Waals surface area (Å²) in [5.74, 6) is 0. The van der Waals surface area contributed by atoms with Gasteiger partial charge in [-0.1, -0.05) is 17.7 Å². The van der Waals surface area contributed by atoms with Gasteiger partial charge in [-0.05, 0) is 88.5 Å². The molecule has 0 aliphatic carbocycles. The van der Waals surface area contributed by atoms with Crippen molar-refractivity contribution in [1.29, 1.82) is 0 Å². The summed E-state index contributed by atoms with van der Waals surface area (Å²) in [5.41, 5.74) is 2.72. The number of nitrogens with zero attached hydrogens (tertiary/aromatic N) is 1. The molecule has 114 valence electrons. The van der Waals surface area contributed by atoms with Gasteiger partial charge in [-0.15, -0.1) is 0 Å². The monoisotopic (exact) mass is 537 g/mol. The minimum Gasteiger partial charge on any atom is -0.261 e. The van der Waals surface area contributed by atoms with Gasteiger partial charge >= 0.3 is 0 Å². The molecule has 0 aromatic heterocycles. The summed E-state index contributed by atoms with van der Waals surface area (Å²) in [6, 6.07) is 12.8. The summed E-state index contributed by atoms with van der Waals surface area (Å²) in [6.45, 7) is 2.32. The lowest BCUT2D eigenvalue weighted by Gasteiger charge is -2.29. The zero-order valence-corrected chi connectivity index (χ0v) is 16.9. The van der Waals surface area contributed by atoms with Crippen molar-refractivity contribution in [1.82, 2.24) is 0 Å². The third-order valence-corrected chi connectivity index (χ3v) is 6.57. The standard InChI is InChI=1S/C16H13I2NO2S/c1-11-2-5-15(6-3-11)22(20,21)19-10-14(18)9-12-8-13(17)4-7-16(12)19/h2-9H,10H2,1H3. The highest BCUT2D eigenvalue weighted by atomic mass is 127. The molecule has 2 aromatic rings. The van der Waals surface area contributed by atoms with Crippen molar-refractivity contribution < 1.29 is 8.42 Å². The maximum absolute atomic E-state index is 13.0. The van der Waals surface area contributed by atoms with Gasteiger partial charge in [0.15, 0.2) is 0 Å². The zero-order chi connectivity index (χ0) is 15.9. The topological polar surface area (TPSA) is 37.4 Å². The second kappa shape index (κ2) is 6.12. The molecule has 0 bridgehead atoms. The Morgan fingerprint density at radius 1 is 1.05 bits per heavy atom. The number of rotatable bonds is 2. The van der Waals surface area contributed by atoms with Gasteiger partial charge in [0.2, 0.25) is 0 Å². The van der Waals surface area contributed by atoms with Gasteiger partial charge in [-0.25, -0.2) is 8.42 Å².